The maximum atomic E-state index is 6.17. The smallest absolute Gasteiger partial charge is 0.392 e. The third-order valence-electron chi connectivity index (χ3n) is 4.52. The average molecular weight is 371 g/mol. The van der Waals surface area contributed by atoms with E-state index in [-0.39, 0.29) is 0 Å². The van der Waals surface area contributed by atoms with E-state index in [0.29, 0.717) is 0 Å². The van der Waals surface area contributed by atoms with Crippen LogP contribution in [0.25, 0.3) is 11.1 Å². The van der Waals surface area contributed by atoms with Gasteiger partial charge < -0.3 is 8.85 Å². The molecule has 0 amide bonds. The van der Waals surface area contributed by atoms with Crippen LogP contribution in [0.4, 0.5) is 0 Å². The minimum atomic E-state index is -2.12. The van der Waals surface area contributed by atoms with Crippen molar-refractivity contribution in [2.75, 3.05) is 6.61 Å². The van der Waals surface area contributed by atoms with Gasteiger partial charge in [-0.15, -0.1) is 0 Å². The Morgan fingerprint density at radius 3 is 1.92 bits per heavy atom. The van der Waals surface area contributed by atoms with Crippen molar-refractivity contribution in [2.24, 2.45) is 0 Å². The summed E-state index contributed by atoms with van der Waals surface area (Å²) in [6.07, 6.45) is 9.14. The third kappa shape index (κ3) is 7.75. The second kappa shape index (κ2) is 11.2. The van der Waals surface area contributed by atoms with Crippen LogP contribution in [-0.4, -0.2) is 15.2 Å². The maximum Gasteiger partial charge on any atom is 0.392 e. The van der Waals surface area contributed by atoms with E-state index in [1.165, 1.54) is 49.7 Å². The zero-order valence-corrected chi connectivity index (χ0v) is 17.7. The predicted octanol–water partition coefficient (Wildman–Crippen LogP) is 7.20. The molecule has 0 radical (unpaired) electrons. The summed E-state index contributed by atoms with van der Waals surface area (Å²) in [7, 11) is -2.12. The molecule has 142 valence electrons. The Labute approximate surface area is 160 Å². The molecule has 0 unspecified atom stereocenters. The van der Waals surface area contributed by atoms with Crippen molar-refractivity contribution in [3.05, 3.63) is 54.6 Å². The molecule has 0 fully saturated rings. The van der Waals surface area contributed by atoms with Gasteiger partial charge in [0.05, 0.1) is 0 Å². The van der Waals surface area contributed by atoms with Gasteiger partial charge in [0.25, 0.3) is 0 Å². The maximum absolute atomic E-state index is 6.17. The van der Waals surface area contributed by atoms with E-state index < -0.39 is 8.56 Å². The molecule has 0 aliphatic rings. The van der Waals surface area contributed by atoms with Gasteiger partial charge in [0, 0.05) is 6.61 Å². The molecule has 0 saturated heterocycles. The van der Waals surface area contributed by atoms with E-state index in [9.17, 15) is 0 Å². The number of benzene rings is 2. The topological polar surface area (TPSA) is 18.5 Å². The Morgan fingerprint density at radius 1 is 0.692 bits per heavy atom. The zero-order valence-electron chi connectivity index (χ0n) is 16.7. The molecule has 26 heavy (non-hydrogen) atoms. The first kappa shape index (κ1) is 20.7. The molecule has 3 heteroatoms. The van der Waals surface area contributed by atoms with Crippen molar-refractivity contribution in [1.82, 2.24) is 0 Å². The summed E-state index contributed by atoms with van der Waals surface area (Å²) < 4.78 is 12.3. The highest BCUT2D eigenvalue weighted by Gasteiger charge is 2.26. The molecule has 0 N–H and O–H groups in total. The quantitative estimate of drug-likeness (QED) is 0.290. The van der Waals surface area contributed by atoms with E-state index >= 15 is 0 Å². The fraction of sp³-hybridized carbons (Fsp3) is 0.478. The average Bonchev–Trinajstić information content (AvgIpc) is 2.65. The Morgan fingerprint density at radius 2 is 1.27 bits per heavy atom. The lowest BCUT2D eigenvalue weighted by Gasteiger charge is -2.24. The van der Waals surface area contributed by atoms with Crippen molar-refractivity contribution in [2.45, 2.75) is 65.0 Å². The largest absolute Gasteiger partial charge is 0.520 e. The molecule has 0 atom stereocenters. The van der Waals surface area contributed by atoms with E-state index in [0.717, 1.165) is 18.8 Å². The number of rotatable bonds is 12. The third-order valence-corrected chi connectivity index (χ3v) is 6.15. The molecule has 0 spiro atoms. The Balaban J connectivity index is 1.71. The van der Waals surface area contributed by atoms with Crippen LogP contribution in [0.3, 0.4) is 0 Å². The van der Waals surface area contributed by atoms with Gasteiger partial charge in [-0.3, -0.25) is 0 Å². The molecule has 0 bridgehead atoms. The fourth-order valence-corrected chi connectivity index (χ4v) is 4.43. The van der Waals surface area contributed by atoms with Gasteiger partial charge in [-0.05, 0) is 42.8 Å². The monoisotopic (exact) mass is 370 g/mol. The molecule has 0 heterocycles. The van der Waals surface area contributed by atoms with E-state index in [1.807, 2.05) is 18.2 Å². The van der Waals surface area contributed by atoms with Crippen LogP contribution in [0.2, 0.25) is 13.1 Å². The van der Waals surface area contributed by atoms with Crippen LogP contribution < -0.4 is 4.43 Å². The summed E-state index contributed by atoms with van der Waals surface area (Å²) >= 11 is 0. The Hall–Kier alpha value is -1.58. The minimum Gasteiger partial charge on any atom is -0.520 e. The summed E-state index contributed by atoms with van der Waals surface area (Å²) in [6, 6.07) is 18.7. The van der Waals surface area contributed by atoms with Gasteiger partial charge in [0.2, 0.25) is 0 Å². The standard InChI is InChI=1S/C23H34O2Si/c1-4-5-6-7-8-9-13-20-24-26(2,3)25-23-18-16-22(17-19-23)21-14-11-10-12-15-21/h10-12,14-19H,4-9,13,20H2,1-3H3. The molecule has 2 nitrogen and oxygen atoms in total. The van der Waals surface area contributed by atoms with Crippen LogP contribution in [0, 0.1) is 0 Å². The fourth-order valence-electron chi connectivity index (χ4n) is 3.04. The van der Waals surface area contributed by atoms with Crippen LogP contribution in [0.15, 0.2) is 54.6 Å². The second-order valence-electron chi connectivity index (χ2n) is 7.36. The lowest BCUT2D eigenvalue weighted by atomic mass is 10.1. The molecule has 0 aromatic heterocycles. The number of hydrogen-bond acceptors (Lipinski definition) is 2. The summed E-state index contributed by atoms with van der Waals surface area (Å²) in [4.78, 5) is 0. The molecule has 0 aliphatic carbocycles. The lowest BCUT2D eigenvalue weighted by Crippen LogP contribution is -2.38. The lowest BCUT2D eigenvalue weighted by molar-refractivity contribution is 0.240. The molecule has 2 aromatic carbocycles. The van der Waals surface area contributed by atoms with Crippen LogP contribution in [-0.2, 0) is 4.43 Å². The van der Waals surface area contributed by atoms with Crippen LogP contribution in [0.1, 0.15) is 51.9 Å². The van der Waals surface area contributed by atoms with Gasteiger partial charge in [-0.1, -0.05) is 87.9 Å². The van der Waals surface area contributed by atoms with Gasteiger partial charge in [-0.2, -0.15) is 0 Å². The molecule has 0 saturated carbocycles. The number of hydrogen-bond donors (Lipinski definition) is 0. The van der Waals surface area contributed by atoms with E-state index in [1.54, 1.807) is 0 Å². The van der Waals surface area contributed by atoms with Crippen LogP contribution in [0.5, 0.6) is 5.75 Å². The number of unbranched alkanes of at least 4 members (excludes halogenated alkanes) is 6. The van der Waals surface area contributed by atoms with Gasteiger partial charge in [0.15, 0.2) is 0 Å². The highest BCUT2D eigenvalue weighted by atomic mass is 28.4. The van der Waals surface area contributed by atoms with Crippen molar-refractivity contribution < 1.29 is 8.85 Å². The summed E-state index contributed by atoms with van der Waals surface area (Å²) in [5, 5.41) is 0. The summed E-state index contributed by atoms with van der Waals surface area (Å²) in [6.45, 7) is 7.32. The van der Waals surface area contributed by atoms with Crippen molar-refractivity contribution >= 4 is 8.56 Å². The molecule has 0 aliphatic heterocycles. The molecular weight excluding hydrogens is 336 g/mol. The molecule has 2 aromatic rings. The SMILES string of the molecule is CCCCCCCCCO[Si](C)(C)Oc1ccc(-c2ccccc2)cc1. The van der Waals surface area contributed by atoms with E-state index in [2.05, 4.69) is 56.4 Å². The molecular formula is C23H34O2Si. The first-order valence-electron chi connectivity index (χ1n) is 10.1. The Kier molecular flexibility index (Phi) is 8.93. The van der Waals surface area contributed by atoms with Gasteiger partial charge >= 0.3 is 8.56 Å². The van der Waals surface area contributed by atoms with Crippen molar-refractivity contribution in [3.63, 3.8) is 0 Å². The highest BCUT2D eigenvalue weighted by Crippen LogP contribution is 2.24. The van der Waals surface area contributed by atoms with Gasteiger partial charge in [0.1, 0.15) is 5.75 Å². The Bertz CT molecular complexity index is 608. The van der Waals surface area contributed by atoms with Gasteiger partial charge in [-0.25, -0.2) is 0 Å². The van der Waals surface area contributed by atoms with E-state index in [4.69, 9.17) is 8.85 Å². The molecule has 2 rings (SSSR count). The highest BCUT2D eigenvalue weighted by molar-refractivity contribution is 6.65. The minimum absolute atomic E-state index is 0.815. The van der Waals surface area contributed by atoms with Crippen molar-refractivity contribution in [1.29, 1.82) is 0 Å². The van der Waals surface area contributed by atoms with Crippen molar-refractivity contribution in [3.8, 4) is 16.9 Å². The van der Waals surface area contributed by atoms with Crippen LogP contribution >= 0.6 is 0 Å². The first-order chi connectivity index (χ1) is 12.6. The first-order valence-corrected chi connectivity index (χ1v) is 12.9. The zero-order chi connectivity index (χ0) is 18.7. The normalized spacial score (nSPS) is 11.5. The second-order valence-corrected chi connectivity index (χ2v) is 10.7. The summed E-state index contributed by atoms with van der Waals surface area (Å²) in [5.74, 6) is 0.904. The summed E-state index contributed by atoms with van der Waals surface area (Å²) in [5.41, 5.74) is 2.44. The predicted molar refractivity (Wildman–Crippen MR) is 114 cm³/mol.